The molecule has 17 heavy (non-hydrogen) atoms. The van der Waals surface area contributed by atoms with E-state index in [2.05, 4.69) is 15.4 Å². The van der Waals surface area contributed by atoms with Gasteiger partial charge in [0, 0.05) is 7.05 Å². The Kier molecular flexibility index (Phi) is 3.13. The molecule has 0 aliphatic heterocycles. The normalized spacial score (nSPS) is 10.2. The SMILES string of the molecule is CNc1nc(N)nn1Cc1ccc(OC)cc1. The summed E-state index contributed by atoms with van der Waals surface area (Å²) >= 11 is 0. The van der Waals surface area contributed by atoms with Crippen molar-refractivity contribution in [1.29, 1.82) is 0 Å². The van der Waals surface area contributed by atoms with Gasteiger partial charge >= 0.3 is 0 Å². The highest BCUT2D eigenvalue weighted by atomic mass is 16.5. The average molecular weight is 233 g/mol. The summed E-state index contributed by atoms with van der Waals surface area (Å²) in [6.07, 6.45) is 0. The third kappa shape index (κ3) is 2.47. The minimum atomic E-state index is 0.267. The molecule has 0 spiro atoms. The summed E-state index contributed by atoms with van der Waals surface area (Å²) in [6, 6.07) is 7.79. The molecule has 0 atom stereocenters. The number of aromatic nitrogens is 3. The third-order valence-electron chi connectivity index (χ3n) is 2.40. The number of hydrogen-bond acceptors (Lipinski definition) is 5. The van der Waals surface area contributed by atoms with Gasteiger partial charge in [-0.05, 0) is 17.7 Å². The highest BCUT2D eigenvalue weighted by Crippen LogP contribution is 2.14. The Morgan fingerprint density at radius 2 is 2.06 bits per heavy atom. The van der Waals surface area contributed by atoms with E-state index in [0.29, 0.717) is 12.5 Å². The number of benzene rings is 1. The number of nitrogens with zero attached hydrogens (tertiary/aromatic N) is 3. The Labute approximate surface area is 99.4 Å². The Balaban J connectivity index is 2.18. The summed E-state index contributed by atoms with van der Waals surface area (Å²) in [5.74, 6) is 1.75. The van der Waals surface area contributed by atoms with Crippen molar-refractivity contribution in [3.05, 3.63) is 29.8 Å². The quantitative estimate of drug-likeness (QED) is 0.822. The molecule has 3 N–H and O–H groups in total. The highest BCUT2D eigenvalue weighted by molar-refractivity contribution is 5.33. The van der Waals surface area contributed by atoms with Gasteiger partial charge in [-0.15, -0.1) is 5.10 Å². The minimum Gasteiger partial charge on any atom is -0.497 e. The summed E-state index contributed by atoms with van der Waals surface area (Å²) < 4.78 is 6.82. The first kappa shape index (κ1) is 11.3. The van der Waals surface area contributed by atoms with Crippen LogP contribution in [0.4, 0.5) is 11.9 Å². The van der Waals surface area contributed by atoms with Crippen LogP contribution in [0.2, 0.25) is 0 Å². The van der Waals surface area contributed by atoms with Crippen LogP contribution in [0.25, 0.3) is 0 Å². The van der Waals surface area contributed by atoms with Crippen LogP contribution in [-0.4, -0.2) is 28.9 Å². The number of nitrogens with one attached hydrogen (secondary N) is 1. The Bertz CT molecular complexity index is 491. The molecule has 1 aromatic heterocycles. The first-order valence-electron chi connectivity index (χ1n) is 5.24. The first-order valence-corrected chi connectivity index (χ1v) is 5.24. The van der Waals surface area contributed by atoms with Gasteiger partial charge in [-0.25, -0.2) is 4.68 Å². The van der Waals surface area contributed by atoms with Crippen LogP contribution in [0.3, 0.4) is 0 Å². The van der Waals surface area contributed by atoms with Gasteiger partial charge in [0.15, 0.2) is 0 Å². The van der Waals surface area contributed by atoms with E-state index in [1.165, 1.54) is 0 Å². The fourth-order valence-corrected chi connectivity index (χ4v) is 1.56. The zero-order valence-corrected chi connectivity index (χ0v) is 9.84. The molecular formula is C11H15N5O. The molecule has 2 aromatic rings. The first-order chi connectivity index (χ1) is 8.22. The van der Waals surface area contributed by atoms with E-state index in [1.807, 2.05) is 24.3 Å². The van der Waals surface area contributed by atoms with Crippen LogP contribution in [-0.2, 0) is 6.54 Å². The van der Waals surface area contributed by atoms with E-state index in [1.54, 1.807) is 18.8 Å². The molecule has 6 heteroatoms. The lowest BCUT2D eigenvalue weighted by molar-refractivity contribution is 0.414. The lowest BCUT2D eigenvalue weighted by atomic mass is 10.2. The van der Waals surface area contributed by atoms with E-state index >= 15 is 0 Å². The zero-order chi connectivity index (χ0) is 12.3. The van der Waals surface area contributed by atoms with Crippen LogP contribution in [0.1, 0.15) is 5.56 Å². The molecule has 2 rings (SSSR count). The van der Waals surface area contributed by atoms with Crippen LogP contribution in [0.15, 0.2) is 24.3 Å². The maximum atomic E-state index is 5.55. The van der Waals surface area contributed by atoms with Crippen molar-refractivity contribution in [3.8, 4) is 5.75 Å². The summed E-state index contributed by atoms with van der Waals surface area (Å²) in [6.45, 7) is 0.615. The average Bonchev–Trinajstić information content (AvgIpc) is 2.70. The van der Waals surface area contributed by atoms with Crippen molar-refractivity contribution in [2.45, 2.75) is 6.54 Å². The van der Waals surface area contributed by atoms with E-state index in [0.717, 1.165) is 11.3 Å². The van der Waals surface area contributed by atoms with E-state index in [9.17, 15) is 0 Å². The smallest absolute Gasteiger partial charge is 0.241 e. The van der Waals surface area contributed by atoms with Gasteiger partial charge in [0.1, 0.15) is 5.75 Å². The Morgan fingerprint density at radius 1 is 1.35 bits per heavy atom. The maximum absolute atomic E-state index is 5.55. The van der Waals surface area contributed by atoms with Crippen molar-refractivity contribution in [3.63, 3.8) is 0 Å². The third-order valence-corrected chi connectivity index (χ3v) is 2.40. The largest absolute Gasteiger partial charge is 0.497 e. The van der Waals surface area contributed by atoms with E-state index in [-0.39, 0.29) is 5.95 Å². The van der Waals surface area contributed by atoms with Crippen LogP contribution in [0.5, 0.6) is 5.75 Å². The van der Waals surface area contributed by atoms with E-state index < -0.39 is 0 Å². The van der Waals surface area contributed by atoms with Crippen LogP contribution < -0.4 is 15.8 Å². The van der Waals surface area contributed by atoms with Crippen molar-refractivity contribution in [2.75, 3.05) is 25.2 Å². The maximum Gasteiger partial charge on any atom is 0.241 e. The fraction of sp³-hybridized carbons (Fsp3) is 0.273. The summed E-state index contributed by atoms with van der Waals surface area (Å²) in [5, 5.41) is 7.05. The van der Waals surface area contributed by atoms with Crippen molar-refractivity contribution in [2.24, 2.45) is 0 Å². The van der Waals surface area contributed by atoms with Crippen LogP contribution in [0, 0.1) is 0 Å². The number of nitrogens with two attached hydrogens (primary N) is 1. The molecular weight excluding hydrogens is 218 g/mol. The molecule has 0 aliphatic rings. The van der Waals surface area contributed by atoms with Gasteiger partial charge in [0.05, 0.1) is 13.7 Å². The summed E-state index contributed by atoms with van der Waals surface area (Å²) in [7, 11) is 3.43. The molecule has 90 valence electrons. The van der Waals surface area contributed by atoms with Gasteiger partial charge in [-0.2, -0.15) is 4.98 Å². The molecule has 1 aromatic carbocycles. The monoisotopic (exact) mass is 233 g/mol. The number of hydrogen-bond donors (Lipinski definition) is 2. The molecule has 0 aliphatic carbocycles. The number of anilines is 2. The summed E-state index contributed by atoms with van der Waals surface area (Å²) in [5.41, 5.74) is 6.66. The molecule has 0 bridgehead atoms. The van der Waals surface area contributed by atoms with Crippen molar-refractivity contribution < 1.29 is 4.74 Å². The highest BCUT2D eigenvalue weighted by Gasteiger charge is 2.06. The van der Waals surface area contributed by atoms with Gasteiger partial charge in [0.2, 0.25) is 11.9 Å². The van der Waals surface area contributed by atoms with Crippen molar-refractivity contribution >= 4 is 11.9 Å². The second-order valence-electron chi connectivity index (χ2n) is 3.55. The zero-order valence-electron chi connectivity index (χ0n) is 9.84. The second-order valence-corrected chi connectivity index (χ2v) is 3.55. The lowest BCUT2D eigenvalue weighted by Crippen LogP contribution is -2.06. The topological polar surface area (TPSA) is 78.0 Å². The van der Waals surface area contributed by atoms with Gasteiger partial charge in [-0.3, -0.25) is 0 Å². The molecule has 0 saturated heterocycles. The van der Waals surface area contributed by atoms with Crippen molar-refractivity contribution in [1.82, 2.24) is 14.8 Å². The molecule has 0 amide bonds. The number of nitrogen functional groups attached to an aromatic ring is 1. The molecule has 0 unspecified atom stereocenters. The standard InChI is InChI=1S/C11H15N5O/c1-13-11-14-10(12)15-16(11)7-8-3-5-9(17-2)6-4-8/h3-6H,7H2,1-2H3,(H3,12,13,14,15). The lowest BCUT2D eigenvalue weighted by Gasteiger charge is -2.06. The minimum absolute atomic E-state index is 0.267. The molecule has 1 heterocycles. The molecule has 0 saturated carbocycles. The van der Waals surface area contributed by atoms with Gasteiger partial charge in [-0.1, -0.05) is 12.1 Å². The van der Waals surface area contributed by atoms with Gasteiger partial charge in [0.25, 0.3) is 0 Å². The molecule has 6 nitrogen and oxygen atoms in total. The predicted molar refractivity (Wildman–Crippen MR) is 66.1 cm³/mol. The predicted octanol–water partition coefficient (Wildman–Crippen LogP) is 0.959. The van der Waals surface area contributed by atoms with Gasteiger partial charge < -0.3 is 15.8 Å². The number of rotatable bonds is 4. The molecule has 0 fully saturated rings. The molecule has 0 radical (unpaired) electrons. The second kappa shape index (κ2) is 4.73. The Morgan fingerprint density at radius 3 is 2.65 bits per heavy atom. The number of methoxy groups -OCH3 is 1. The Hall–Kier alpha value is -2.24. The van der Waals surface area contributed by atoms with Crippen LogP contribution >= 0.6 is 0 Å². The fourth-order valence-electron chi connectivity index (χ4n) is 1.56. The summed E-state index contributed by atoms with van der Waals surface area (Å²) in [4.78, 5) is 4.05. The number of ether oxygens (including phenoxy) is 1. The van der Waals surface area contributed by atoms with E-state index in [4.69, 9.17) is 10.5 Å².